The molecule has 1 N–H and O–H groups in total. The molecule has 5 heteroatoms. The average Bonchev–Trinajstić information content (AvgIpc) is 2.68. The molecule has 1 aromatic heterocycles. The Balaban J connectivity index is 2.37. The fourth-order valence-corrected chi connectivity index (χ4v) is 1.89. The van der Waals surface area contributed by atoms with Crippen molar-refractivity contribution in [1.82, 2.24) is 4.98 Å². The summed E-state index contributed by atoms with van der Waals surface area (Å²) >= 11 is 5.90. The van der Waals surface area contributed by atoms with Crippen LogP contribution in [0.5, 0.6) is 0 Å². The van der Waals surface area contributed by atoms with Crippen molar-refractivity contribution in [2.75, 3.05) is 0 Å². The van der Waals surface area contributed by atoms with Gasteiger partial charge in [-0.1, -0.05) is 11.6 Å². The summed E-state index contributed by atoms with van der Waals surface area (Å²) in [5.41, 5.74) is 0.319. The second kappa shape index (κ2) is 4.70. The van der Waals surface area contributed by atoms with Crippen LogP contribution in [0.15, 0.2) is 24.4 Å². The number of H-pyrrole nitrogens is 1. The number of halogens is 1. The van der Waals surface area contributed by atoms with Gasteiger partial charge >= 0.3 is 5.97 Å². The molecule has 0 aliphatic heterocycles. The molecule has 19 heavy (non-hydrogen) atoms. The minimum absolute atomic E-state index is 0.270. The van der Waals surface area contributed by atoms with Crippen molar-refractivity contribution in [3.05, 3.63) is 35.0 Å². The average molecular weight is 280 g/mol. The predicted molar refractivity (Wildman–Crippen MR) is 73.5 cm³/mol. The van der Waals surface area contributed by atoms with Crippen LogP contribution in [0.3, 0.4) is 0 Å². The molecule has 1 heterocycles. The third-order valence-corrected chi connectivity index (χ3v) is 2.71. The lowest BCUT2D eigenvalue weighted by atomic mass is 10.1. The predicted octanol–water partition coefficient (Wildman–Crippen LogP) is 3.35. The van der Waals surface area contributed by atoms with E-state index in [2.05, 4.69) is 4.98 Å². The summed E-state index contributed by atoms with van der Waals surface area (Å²) in [4.78, 5) is 26.8. The van der Waals surface area contributed by atoms with Crippen molar-refractivity contribution in [1.29, 1.82) is 0 Å². The third kappa shape index (κ3) is 2.96. The molecule has 0 unspecified atom stereocenters. The van der Waals surface area contributed by atoms with Gasteiger partial charge in [-0.15, -0.1) is 0 Å². The molecular formula is C14H14ClNO3. The van der Waals surface area contributed by atoms with Gasteiger partial charge in [0, 0.05) is 22.1 Å². The number of ether oxygens (including phenoxy) is 1. The van der Waals surface area contributed by atoms with Crippen LogP contribution in [0.25, 0.3) is 10.9 Å². The van der Waals surface area contributed by atoms with E-state index >= 15 is 0 Å². The van der Waals surface area contributed by atoms with Crippen LogP contribution in [0, 0.1) is 0 Å². The minimum atomic E-state index is -0.867. The number of Topliss-reactive ketones (excluding diaryl/α,β-unsaturated/α-hetero) is 1. The molecular weight excluding hydrogens is 266 g/mol. The lowest BCUT2D eigenvalue weighted by Gasteiger charge is -2.18. The summed E-state index contributed by atoms with van der Waals surface area (Å²) in [6, 6.07) is 5.11. The van der Waals surface area contributed by atoms with Gasteiger partial charge in [-0.05, 0) is 39.0 Å². The number of ketones is 1. The van der Waals surface area contributed by atoms with Gasteiger partial charge in [-0.3, -0.25) is 4.79 Å². The molecule has 1 aromatic carbocycles. The standard InChI is InChI=1S/C14H14ClNO3/c1-14(2,3)19-13(18)12(17)10-7-16-11-5-4-8(15)6-9(10)11/h4-7,16H,1-3H3. The quantitative estimate of drug-likeness (QED) is 0.521. The number of nitrogens with one attached hydrogen (secondary N) is 1. The topological polar surface area (TPSA) is 59.2 Å². The number of hydrogen-bond donors (Lipinski definition) is 1. The summed E-state index contributed by atoms with van der Waals surface area (Å²) < 4.78 is 5.07. The van der Waals surface area contributed by atoms with Gasteiger partial charge < -0.3 is 9.72 Å². The van der Waals surface area contributed by atoms with Crippen LogP contribution < -0.4 is 0 Å². The monoisotopic (exact) mass is 279 g/mol. The van der Waals surface area contributed by atoms with Crippen LogP contribution in [-0.4, -0.2) is 22.3 Å². The number of hydrogen-bond acceptors (Lipinski definition) is 3. The summed E-state index contributed by atoms with van der Waals surface area (Å²) in [5.74, 6) is -1.54. The van der Waals surface area contributed by atoms with Gasteiger partial charge in [0.05, 0.1) is 5.56 Å². The van der Waals surface area contributed by atoms with Gasteiger partial charge in [0.2, 0.25) is 0 Å². The van der Waals surface area contributed by atoms with Gasteiger partial charge in [-0.25, -0.2) is 4.79 Å². The molecule has 100 valence electrons. The van der Waals surface area contributed by atoms with Gasteiger partial charge in [-0.2, -0.15) is 0 Å². The molecule has 2 rings (SSSR count). The number of benzene rings is 1. The molecule has 0 atom stereocenters. The number of carbonyl (C=O) groups is 2. The highest BCUT2D eigenvalue weighted by Crippen LogP contribution is 2.23. The SMILES string of the molecule is CC(C)(C)OC(=O)C(=O)c1c[nH]c2ccc(Cl)cc12. The highest BCUT2D eigenvalue weighted by Gasteiger charge is 2.26. The maximum Gasteiger partial charge on any atom is 0.380 e. The van der Waals surface area contributed by atoms with Crippen molar-refractivity contribution in [2.45, 2.75) is 26.4 Å². The third-order valence-electron chi connectivity index (χ3n) is 2.47. The maximum atomic E-state index is 12.1. The number of rotatable bonds is 2. The lowest BCUT2D eigenvalue weighted by molar-refractivity contribution is -0.148. The molecule has 0 radical (unpaired) electrons. The van der Waals surface area contributed by atoms with Gasteiger partial charge in [0.25, 0.3) is 5.78 Å². The van der Waals surface area contributed by atoms with Crippen LogP contribution in [0.2, 0.25) is 5.02 Å². The zero-order valence-corrected chi connectivity index (χ0v) is 11.7. The highest BCUT2D eigenvalue weighted by atomic mass is 35.5. The van der Waals surface area contributed by atoms with E-state index in [0.717, 1.165) is 5.52 Å². The van der Waals surface area contributed by atoms with E-state index in [1.54, 1.807) is 39.0 Å². The van der Waals surface area contributed by atoms with Crippen LogP contribution in [0.1, 0.15) is 31.1 Å². The van der Waals surface area contributed by atoms with Crippen molar-refractivity contribution < 1.29 is 14.3 Å². The van der Waals surface area contributed by atoms with E-state index < -0.39 is 17.4 Å². The van der Waals surface area contributed by atoms with E-state index in [4.69, 9.17) is 16.3 Å². The second-order valence-corrected chi connectivity index (χ2v) is 5.66. The molecule has 0 saturated heterocycles. The van der Waals surface area contributed by atoms with Crippen LogP contribution >= 0.6 is 11.6 Å². The summed E-state index contributed by atoms with van der Waals surface area (Å²) in [6.45, 7) is 5.14. The van der Waals surface area contributed by atoms with Crippen molar-refractivity contribution in [3.63, 3.8) is 0 Å². The molecule has 2 aromatic rings. The first-order chi connectivity index (χ1) is 8.78. The first-order valence-corrected chi connectivity index (χ1v) is 6.20. The van der Waals surface area contributed by atoms with E-state index in [-0.39, 0.29) is 5.56 Å². The number of carbonyl (C=O) groups excluding carboxylic acids is 2. The smallest absolute Gasteiger partial charge is 0.380 e. The number of esters is 1. The lowest BCUT2D eigenvalue weighted by Crippen LogP contribution is -2.28. The molecule has 0 fully saturated rings. The Morgan fingerprint density at radius 3 is 2.58 bits per heavy atom. The molecule has 0 saturated carbocycles. The number of fused-ring (bicyclic) bond motifs is 1. The summed E-state index contributed by atoms with van der Waals surface area (Å²) in [5, 5.41) is 1.12. The van der Waals surface area contributed by atoms with E-state index in [1.165, 1.54) is 6.20 Å². The fourth-order valence-electron chi connectivity index (χ4n) is 1.72. The molecule has 0 bridgehead atoms. The largest absolute Gasteiger partial charge is 0.454 e. The van der Waals surface area contributed by atoms with Crippen molar-refractivity contribution >= 4 is 34.3 Å². The van der Waals surface area contributed by atoms with E-state index in [0.29, 0.717) is 10.4 Å². The molecule has 0 aliphatic rings. The molecule has 0 aliphatic carbocycles. The minimum Gasteiger partial charge on any atom is -0.454 e. The zero-order chi connectivity index (χ0) is 14.2. The zero-order valence-electron chi connectivity index (χ0n) is 10.9. The molecule has 0 spiro atoms. The Hall–Kier alpha value is -1.81. The number of aromatic amines is 1. The van der Waals surface area contributed by atoms with Crippen LogP contribution in [-0.2, 0) is 9.53 Å². The first-order valence-electron chi connectivity index (χ1n) is 5.82. The van der Waals surface area contributed by atoms with Crippen molar-refractivity contribution in [2.24, 2.45) is 0 Å². The Morgan fingerprint density at radius 2 is 1.95 bits per heavy atom. The summed E-state index contributed by atoms with van der Waals surface area (Å²) in [6.07, 6.45) is 1.49. The molecule has 4 nitrogen and oxygen atoms in total. The normalized spacial score (nSPS) is 11.6. The second-order valence-electron chi connectivity index (χ2n) is 5.22. The van der Waals surface area contributed by atoms with Gasteiger partial charge in [0.15, 0.2) is 0 Å². The highest BCUT2D eigenvalue weighted by molar-refractivity contribution is 6.43. The van der Waals surface area contributed by atoms with Crippen LogP contribution in [0.4, 0.5) is 0 Å². The summed E-state index contributed by atoms with van der Waals surface area (Å²) in [7, 11) is 0. The maximum absolute atomic E-state index is 12.1. The Kier molecular flexibility index (Phi) is 3.37. The Morgan fingerprint density at radius 1 is 1.26 bits per heavy atom. The van der Waals surface area contributed by atoms with E-state index in [1.807, 2.05) is 0 Å². The van der Waals surface area contributed by atoms with Gasteiger partial charge in [0.1, 0.15) is 5.60 Å². The number of aromatic nitrogens is 1. The molecule has 0 amide bonds. The first kappa shape index (κ1) is 13.6. The fraction of sp³-hybridized carbons (Fsp3) is 0.286. The van der Waals surface area contributed by atoms with E-state index in [9.17, 15) is 9.59 Å². The Bertz CT molecular complexity index is 652. The Labute approximate surface area is 115 Å². The van der Waals surface area contributed by atoms with Crippen molar-refractivity contribution in [3.8, 4) is 0 Å².